The normalized spacial score (nSPS) is 10.5. The van der Waals surface area contributed by atoms with Crippen LogP contribution in [0.4, 0.5) is 0 Å². The monoisotopic (exact) mass is 266 g/mol. The summed E-state index contributed by atoms with van der Waals surface area (Å²) in [5.74, 6) is 0. The van der Waals surface area contributed by atoms with Crippen LogP contribution in [0.25, 0.3) is 0 Å². The van der Waals surface area contributed by atoms with Crippen LogP contribution in [0, 0.1) is 0 Å². The lowest BCUT2D eigenvalue weighted by Gasteiger charge is -2.00. The summed E-state index contributed by atoms with van der Waals surface area (Å²) in [6.07, 6.45) is 5.49. The lowest BCUT2D eigenvalue weighted by atomic mass is 10.3. The van der Waals surface area contributed by atoms with E-state index < -0.39 is 0 Å². The zero-order valence-electron chi connectivity index (χ0n) is 8.10. The Morgan fingerprint density at radius 3 is 2.73 bits per heavy atom. The molecule has 2 N–H and O–H groups in total. The predicted octanol–water partition coefficient (Wildman–Crippen LogP) is 1.55. The zero-order chi connectivity index (χ0) is 10.7. The molecule has 78 valence electrons. The van der Waals surface area contributed by atoms with Gasteiger partial charge in [-0.1, -0.05) is 0 Å². The maximum atomic E-state index is 5.48. The highest BCUT2D eigenvalue weighted by Gasteiger charge is 1.98. The predicted molar refractivity (Wildman–Crippen MR) is 61.2 cm³/mol. The minimum absolute atomic E-state index is 0.473. The summed E-state index contributed by atoms with van der Waals surface area (Å²) in [5.41, 5.74) is 7.37. The topological polar surface area (TPSA) is 56.7 Å². The molecule has 4 nitrogen and oxygen atoms in total. The van der Waals surface area contributed by atoms with Crippen LogP contribution in [-0.2, 0) is 13.1 Å². The van der Waals surface area contributed by atoms with Gasteiger partial charge in [0.2, 0.25) is 0 Å². The largest absolute Gasteiger partial charge is 0.331 e. The molecule has 5 heteroatoms. The van der Waals surface area contributed by atoms with Gasteiger partial charge in [-0.3, -0.25) is 4.98 Å². The van der Waals surface area contributed by atoms with Crippen LogP contribution in [0.15, 0.2) is 35.3 Å². The van der Waals surface area contributed by atoms with Gasteiger partial charge in [0.15, 0.2) is 0 Å². The summed E-state index contributed by atoms with van der Waals surface area (Å²) in [7, 11) is 0. The van der Waals surface area contributed by atoms with E-state index in [1.165, 1.54) is 0 Å². The Morgan fingerprint density at radius 2 is 2.13 bits per heavy atom. The molecule has 2 aromatic rings. The van der Waals surface area contributed by atoms with E-state index in [0.29, 0.717) is 6.54 Å². The van der Waals surface area contributed by atoms with Crippen LogP contribution in [-0.4, -0.2) is 14.5 Å². The number of hydrogen-bond donors (Lipinski definition) is 1. The summed E-state index contributed by atoms with van der Waals surface area (Å²) >= 11 is 3.35. The molecule has 0 aromatic carbocycles. The molecule has 0 fully saturated rings. The number of hydrogen-bond acceptors (Lipinski definition) is 3. The Hall–Kier alpha value is -1.20. The Morgan fingerprint density at radius 1 is 1.27 bits per heavy atom. The van der Waals surface area contributed by atoms with Crippen molar-refractivity contribution >= 4 is 15.9 Å². The zero-order valence-corrected chi connectivity index (χ0v) is 9.68. The van der Waals surface area contributed by atoms with Crippen molar-refractivity contribution in [1.29, 1.82) is 0 Å². The van der Waals surface area contributed by atoms with Crippen LogP contribution in [0.2, 0.25) is 0 Å². The molecular formula is C10H11BrN4. The molecule has 15 heavy (non-hydrogen) atoms. The van der Waals surface area contributed by atoms with Crippen LogP contribution in [0.1, 0.15) is 11.4 Å². The third kappa shape index (κ3) is 2.64. The number of nitrogens with zero attached hydrogens (tertiary/aromatic N) is 3. The first-order chi connectivity index (χ1) is 7.28. The van der Waals surface area contributed by atoms with Crippen LogP contribution < -0.4 is 5.73 Å². The third-order valence-electron chi connectivity index (χ3n) is 2.03. The van der Waals surface area contributed by atoms with Gasteiger partial charge in [0.25, 0.3) is 0 Å². The number of rotatable bonds is 3. The van der Waals surface area contributed by atoms with Gasteiger partial charge in [-0.15, -0.1) is 0 Å². The average Bonchev–Trinajstić information content (AvgIpc) is 2.69. The standard InChI is InChI=1S/C10H11BrN4/c11-8-1-2-9(13-4-8)5-15-6-10(3-12)14-7-15/h1-2,4,6-7H,3,5,12H2. The first-order valence-corrected chi connectivity index (χ1v) is 5.38. The Balaban J connectivity index is 2.11. The molecule has 0 aliphatic heterocycles. The Labute approximate surface area is 96.3 Å². The number of nitrogens with two attached hydrogens (primary N) is 1. The summed E-state index contributed by atoms with van der Waals surface area (Å²) in [6.45, 7) is 1.20. The van der Waals surface area contributed by atoms with Gasteiger partial charge >= 0.3 is 0 Å². The quantitative estimate of drug-likeness (QED) is 0.917. The minimum atomic E-state index is 0.473. The highest BCUT2D eigenvalue weighted by Crippen LogP contribution is 2.08. The highest BCUT2D eigenvalue weighted by atomic mass is 79.9. The number of pyridine rings is 1. The number of imidazole rings is 1. The second-order valence-corrected chi connectivity index (χ2v) is 4.12. The summed E-state index contributed by atoms with van der Waals surface area (Å²) < 4.78 is 2.96. The van der Waals surface area contributed by atoms with Crippen molar-refractivity contribution in [2.45, 2.75) is 13.1 Å². The van der Waals surface area contributed by atoms with E-state index in [1.807, 2.05) is 22.9 Å². The fourth-order valence-corrected chi connectivity index (χ4v) is 1.52. The van der Waals surface area contributed by atoms with E-state index in [-0.39, 0.29) is 0 Å². The summed E-state index contributed by atoms with van der Waals surface area (Å²) in [6, 6.07) is 3.95. The highest BCUT2D eigenvalue weighted by molar-refractivity contribution is 9.10. The van der Waals surface area contributed by atoms with Gasteiger partial charge in [-0.2, -0.15) is 0 Å². The molecule has 0 aliphatic carbocycles. The van der Waals surface area contributed by atoms with E-state index >= 15 is 0 Å². The minimum Gasteiger partial charge on any atom is -0.331 e. The molecular weight excluding hydrogens is 256 g/mol. The maximum absolute atomic E-state index is 5.48. The molecule has 0 unspecified atom stereocenters. The fourth-order valence-electron chi connectivity index (χ4n) is 1.29. The van der Waals surface area contributed by atoms with E-state index in [2.05, 4.69) is 25.9 Å². The maximum Gasteiger partial charge on any atom is 0.0953 e. The van der Waals surface area contributed by atoms with E-state index in [1.54, 1.807) is 12.5 Å². The lowest BCUT2D eigenvalue weighted by Crippen LogP contribution is -1.99. The smallest absolute Gasteiger partial charge is 0.0953 e. The molecule has 0 bridgehead atoms. The van der Waals surface area contributed by atoms with Gasteiger partial charge < -0.3 is 10.3 Å². The number of halogens is 1. The molecule has 0 saturated carbocycles. The Bertz CT molecular complexity index is 435. The van der Waals surface area contributed by atoms with Crippen molar-refractivity contribution in [1.82, 2.24) is 14.5 Å². The van der Waals surface area contributed by atoms with Crippen LogP contribution >= 0.6 is 15.9 Å². The second kappa shape index (κ2) is 4.55. The summed E-state index contributed by atoms with van der Waals surface area (Å²) in [5, 5.41) is 0. The molecule has 2 aromatic heterocycles. The second-order valence-electron chi connectivity index (χ2n) is 3.21. The van der Waals surface area contributed by atoms with Crippen molar-refractivity contribution in [2.75, 3.05) is 0 Å². The van der Waals surface area contributed by atoms with Crippen molar-refractivity contribution in [2.24, 2.45) is 5.73 Å². The molecule has 0 aliphatic rings. The molecule has 0 atom stereocenters. The number of aromatic nitrogens is 3. The first-order valence-electron chi connectivity index (χ1n) is 4.59. The van der Waals surface area contributed by atoms with E-state index in [9.17, 15) is 0 Å². The van der Waals surface area contributed by atoms with Crippen molar-refractivity contribution in [3.63, 3.8) is 0 Å². The van der Waals surface area contributed by atoms with Crippen molar-refractivity contribution in [3.8, 4) is 0 Å². The Kier molecular flexibility index (Phi) is 3.13. The van der Waals surface area contributed by atoms with Gasteiger partial charge in [0, 0.05) is 23.4 Å². The van der Waals surface area contributed by atoms with Gasteiger partial charge in [-0.05, 0) is 28.1 Å². The molecule has 2 heterocycles. The molecule has 0 amide bonds. The van der Waals surface area contributed by atoms with E-state index in [0.717, 1.165) is 22.4 Å². The third-order valence-corrected chi connectivity index (χ3v) is 2.50. The van der Waals surface area contributed by atoms with Gasteiger partial charge in [0.1, 0.15) is 0 Å². The molecule has 0 spiro atoms. The lowest BCUT2D eigenvalue weighted by molar-refractivity contribution is 0.771. The molecule has 2 rings (SSSR count). The van der Waals surface area contributed by atoms with Crippen molar-refractivity contribution < 1.29 is 0 Å². The molecule has 0 saturated heterocycles. The summed E-state index contributed by atoms with van der Waals surface area (Å²) in [4.78, 5) is 8.43. The van der Waals surface area contributed by atoms with Gasteiger partial charge in [0.05, 0.1) is 24.3 Å². The fraction of sp³-hybridized carbons (Fsp3) is 0.200. The van der Waals surface area contributed by atoms with Crippen molar-refractivity contribution in [3.05, 3.63) is 46.7 Å². The van der Waals surface area contributed by atoms with Crippen LogP contribution in [0.3, 0.4) is 0 Å². The molecule has 0 radical (unpaired) electrons. The van der Waals surface area contributed by atoms with E-state index in [4.69, 9.17) is 5.73 Å². The average molecular weight is 267 g/mol. The van der Waals surface area contributed by atoms with Crippen LogP contribution in [0.5, 0.6) is 0 Å². The SMILES string of the molecule is NCc1cn(Cc2ccc(Br)cn2)cn1. The van der Waals surface area contributed by atoms with Gasteiger partial charge in [-0.25, -0.2) is 4.98 Å². The first kappa shape index (κ1) is 10.3.